The number of rotatable bonds is 4. The fourth-order valence-electron chi connectivity index (χ4n) is 2.65. The van der Waals surface area contributed by atoms with Gasteiger partial charge >= 0.3 is 0 Å². The van der Waals surface area contributed by atoms with Crippen LogP contribution in [0.1, 0.15) is 38.2 Å². The van der Waals surface area contributed by atoms with Gasteiger partial charge in [0.25, 0.3) is 0 Å². The van der Waals surface area contributed by atoms with Gasteiger partial charge in [-0.25, -0.2) is 4.68 Å². The van der Waals surface area contributed by atoms with Crippen LogP contribution in [-0.4, -0.2) is 16.9 Å². The van der Waals surface area contributed by atoms with Crippen molar-refractivity contribution in [3.8, 4) is 11.3 Å². The summed E-state index contributed by atoms with van der Waals surface area (Å²) in [6, 6.07) is 8.60. The van der Waals surface area contributed by atoms with E-state index in [1.54, 1.807) is 11.3 Å². The van der Waals surface area contributed by atoms with E-state index >= 15 is 0 Å². The molecule has 0 radical (unpaired) electrons. The summed E-state index contributed by atoms with van der Waals surface area (Å²) in [5, 5.41) is 7.07. The van der Waals surface area contributed by atoms with Crippen molar-refractivity contribution >= 4 is 17.0 Å². The molecule has 0 spiro atoms. The molecule has 0 unspecified atom stereocenters. The zero-order valence-electron chi connectivity index (χ0n) is 13.9. The van der Waals surface area contributed by atoms with Gasteiger partial charge in [-0.2, -0.15) is 5.10 Å². The fourth-order valence-corrected chi connectivity index (χ4v) is 3.49. The Morgan fingerprint density at radius 1 is 1.22 bits per heavy atom. The molecule has 0 saturated heterocycles. The van der Waals surface area contributed by atoms with Gasteiger partial charge in [-0.05, 0) is 39.5 Å². The molecule has 1 aliphatic rings. The molecule has 0 N–H and O–H groups in total. The van der Waals surface area contributed by atoms with Crippen molar-refractivity contribution in [2.45, 2.75) is 39.5 Å². The maximum Gasteiger partial charge on any atom is 0.206 e. The molecule has 120 valence electrons. The minimum Gasteiger partial charge on any atom is -0.253 e. The van der Waals surface area contributed by atoms with Gasteiger partial charge in [0.05, 0.1) is 12.2 Å². The zero-order chi connectivity index (χ0) is 16.2. The number of hydrogen-bond donors (Lipinski definition) is 0. The zero-order valence-corrected chi connectivity index (χ0v) is 14.7. The molecule has 0 bridgehead atoms. The molecule has 3 rings (SSSR count). The van der Waals surface area contributed by atoms with Crippen molar-refractivity contribution < 1.29 is 0 Å². The molecule has 1 aromatic heterocycles. The van der Waals surface area contributed by atoms with Crippen molar-refractivity contribution in [1.29, 1.82) is 0 Å². The summed E-state index contributed by atoms with van der Waals surface area (Å²) < 4.78 is 2.03. The minimum atomic E-state index is 0.651. The van der Waals surface area contributed by atoms with Gasteiger partial charge in [0.1, 0.15) is 0 Å². The van der Waals surface area contributed by atoms with Crippen molar-refractivity contribution in [3.63, 3.8) is 0 Å². The van der Waals surface area contributed by atoms with Crippen LogP contribution in [-0.2, 0) is 0 Å². The van der Waals surface area contributed by atoms with Crippen molar-refractivity contribution in [3.05, 3.63) is 52.2 Å². The van der Waals surface area contributed by atoms with Crippen LogP contribution in [0.15, 0.2) is 51.9 Å². The molecule has 1 heterocycles. The van der Waals surface area contributed by atoms with E-state index in [1.807, 2.05) is 11.6 Å². The Bertz CT molecular complexity index is 783. The highest BCUT2D eigenvalue weighted by Gasteiger charge is 2.12. The normalized spacial score (nSPS) is 15.2. The standard InChI is InChI=1S/C19H23N3S/c1-14(2)12-20-19-22(21-17-6-4-5-7-17)18(13-23-19)16-10-8-15(3)9-11-16/h8-11,13H,1,4-7,12H2,2-3H3. The number of aryl methyl sites for hydroxylation is 1. The maximum absolute atomic E-state index is 4.92. The van der Waals surface area contributed by atoms with Crippen LogP contribution in [0, 0.1) is 6.92 Å². The molecule has 2 aromatic rings. The fraction of sp³-hybridized carbons (Fsp3) is 0.368. The van der Waals surface area contributed by atoms with E-state index < -0.39 is 0 Å². The molecule has 0 atom stereocenters. The molecule has 1 fully saturated rings. The Labute approximate surface area is 141 Å². The summed E-state index contributed by atoms with van der Waals surface area (Å²) in [6.45, 7) is 8.71. The first kappa shape index (κ1) is 15.9. The lowest BCUT2D eigenvalue weighted by Crippen LogP contribution is -2.14. The highest BCUT2D eigenvalue weighted by molar-refractivity contribution is 7.07. The third-order valence-corrected chi connectivity index (χ3v) is 4.79. The van der Waals surface area contributed by atoms with Crippen molar-refractivity contribution in [2.24, 2.45) is 10.1 Å². The molecule has 0 aliphatic heterocycles. The summed E-state index contributed by atoms with van der Waals surface area (Å²) in [6.07, 6.45) is 4.72. The minimum absolute atomic E-state index is 0.651. The van der Waals surface area contributed by atoms with E-state index in [0.29, 0.717) is 6.54 Å². The second-order valence-electron chi connectivity index (χ2n) is 6.23. The van der Waals surface area contributed by atoms with Crippen LogP contribution in [0.3, 0.4) is 0 Å². The second kappa shape index (κ2) is 7.09. The number of hydrogen-bond acceptors (Lipinski definition) is 3. The highest BCUT2D eigenvalue weighted by atomic mass is 32.1. The van der Waals surface area contributed by atoms with Crippen molar-refractivity contribution in [1.82, 2.24) is 4.68 Å². The largest absolute Gasteiger partial charge is 0.253 e. The van der Waals surface area contributed by atoms with Crippen molar-refractivity contribution in [2.75, 3.05) is 6.54 Å². The SMILES string of the molecule is C=C(C)CN=c1scc(-c2ccc(C)cc2)n1N=C1CCCC1. The molecule has 3 nitrogen and oxygen atoms in total. The second-order valence-corrected chi connectivity index (χ2v) is 7.06. The van der Waals surface area contributed by atoms with Crippen LogP contribution in [0.2, 0.25) is 0 Å². The first-order valence-electron chi connectivity index (χ1n) is 8.12. The number of benzene rings is 1. The number of nitrogens with zero attached hydrogens (tertiary/aromatic N) is 3. The van der Waals surface area contributed by atoms with Crippen LogP contribution < -0.4 is 4.80 Å². The number of aromatic nitrogens is 1. The molecular weight excluding hydrogens is 302 g/mol. The average Bonchev–Trinajstić information content (AvgIpc) is 3.17. The highest BCUT2D eigenvalue weighted by Crippen LogP contribution is 2.22. The lowest BCUT2D eigenvalue weighted by Gasteiger charge is -2.06. The van der Waals surface area contributed by atoms with Crippen LogP contribution in [0.4, 0.5) is 0 Å². The Hall–Kier alpha value is -1.94. The molecule has 1 aromatic carbocycles. The van der Waals surface area contributed by atoms with E-state index in [0.717, 1.165) is 28.9 Å². The van der Waals surface area contributed by atoms with Crippen LogP contribution in [0.25, 0.3) is 11.3 Å². The molecule has 1 aliphatic carbocycles. The predicted molar refractivity (Wildman–Crippen MR) is 99.0 cm³/mol. The van der Waals surface area contributed by atoms with E-state index in [1.165, 1.54) is 29.7 Å². The van der Waals surface area contributed by atoms with Gasteiger partial charge in [0.2, 0.25) is 4.80 Å². The third-order valence-electron chi connectivity index (χ3n) is 3.94. The maximum atomic E-state index is 4.92. The summed E-state index contributed by atoms with van der Waals surface area (Å²) in [5.74, 6) is 0. The predicted octanol–water partition coefficient (Wildman–Crippen LogP) is 4.78. The van der Waals surface area contributed by atoms with Gasteiger partial charge in [-0.1, -0.05) is 42.0 Å². The Kier molecular flexibility index (Phi) is 4.91. The first-order chi connectivity index (χ1) is 11.1. The Morgan fingerprint density at radius 3 is 2.57 bits per heavy atom. The smallest absolute Gasteiger partial charge is 0.206 e. The van der Waals surface area contributed by atoms with Crippen LogP contribution >= 0.6 is 11.3 Å². The van der Waals surface area contributed by atoms with E-state index in [9.17, 15) is 0 Å². The molecule has 0 amide bonds. The van der Waals surface area contributed by atoms with Gasteiger partial charge in [-0.3, -0.25) is 4.99 Å². The summed E-state index contributed by atoms with van der Waals surface area (Å²) >= 11 is 1.65. The van der Waals surface area contributed by atoms with Gasteiger partial charge in [0.15, 0.2) is 0 Å². The van der Waals surface area contributed by atoms with E-state index in [4.69, 9.17) is 5.10 Å². The third kappa shape index (κ3) is 3.88. The lowest BCUT2D eigenvalue weighted by atomic mass is 10.1. The monoisotopic (exact) mass is 325 g/mol. The topological polar surface area (TPSA) is 29.6 Å². The van der Waals surface area contributed by atoms with Gasteiger partial charge in [0, 0.05) is 16.7 Å². The molecule has 1 saturated carbocycles. The first-order valence-corrected chi connectivity index (χ1v) is 9.00. The Morgan fingerprint density at radius 2 is 1.91 bits per heavy atom. The van der Waals surface area contributed by atoms with E-state index in [-0.39, 0.29) is 0 Å². The quantitative estimate of drug-likeness (QED) is 0.724. The number of thiazole rings is 1. The lowest BCUT2D eigenvalue weighted by molar-refractivity contribution is 0.824. The van der Waals surface area contributed by atoms with Crippen LogP contribution in [0.5, 0.6) is 0 Å². The summed E-state index contributed by atoms with van der Waals surface area (Å²) in [5.41, 5.74) is 5.93. The molecule has 23 heavy (non-hydrogen) atoms. The average molecular weight is 325 g/mol. The van der Waals surface area contributed by atoms with Gasteiger partial charge in [-0.15, -0.1) is 11.3 Å². The molecule has 4 heteroatoms. The summed E-state index contributed by atoms with van der Waals surface area (Å²) in [7, 11) is 0. The Balaban J connectivity index is 2.08. The van der Waals surface area contributed by atoms with E-state index in [2.05, 4.69) is 48.1 Å². The summed E-state index contributed by atoms with van der Waals surface area (Å²) in [4.78, 5) is 5.63. The molecular formula is C19H23N3S. The van der Waals surface area contributed by atoms with Gasteiger partial charge < -0.3 is 0 Å².